The van der Waals surface area contributed by atoms with Crippen LogP contribution in [0, 0.1) is 6.92 Å². The fourth-order valence-electron chi connectivity index (χ4n) is 2.36. The second kappa shape index (κ2) is 4.22. The first-order valence-corrected chi connectivity index (χ1v) is 6.13. The molecule has 2 heteroatoms. The lowest BCUT2D eigenvalue weighted by atomic mass is 10.1. The topological polar surface area (TPSA) is 30.9 Å². The van der Waals surface area contributed by atoms with E-state index in [-0.39, 0.29) is 0 Å². The zero-order valence-electron chi connectivity index (χ0n) is 10.4. The Morgan fingerprint density at radius 1 is 1.00 bits per heavy atom. The van der Waals surface area contributed by atoms with Gasteiger partial charge < -0.3 is 10.3 Å². The van der Waals surface area contributed by atoms with E-state index in [1.54, 1.807) is 0 Å². The third-order valence-corrected chi connectivity index (χ3v) is 3.45. The van der Waals surface area contributed by atoms with Crippen molar-refractivity contribution in [2.45, 2.75) is 13.5 Å². The number of nitrogens with two attached hydrogens (primary N) is 1. The maximum Gasteiger partial charge on any atom is 0.0504 e. The summed E-state index contributed by atoms with van der Waals surface area (Å²) in [6.45, 7) is 3.04. The molecule has 18 heavy (non-hydrogen) atoms. The molecule has 0 fully saturated rings. The number of benzene rings is 2. The van der Waals surface area contributed by atoms with E-state index >= 15 is 0 Å². The molecule has 1 heterocycles. The molecule has 0 aliphatic heterocycles. The number of nitrogen functional groups attached to an aromatic ring is 1. The van der Waals surface area contributed by atoms with Gasteiger partial charge in [0.05, 0.1) is 5.52 Å². The van der Waals surface area contributed by atoms with E-state index in [4.69, 9.17) is 5.73 Å². The maximum absolute atomic E-state index is 5.98. The van der Waals surface area contributed by atoms with E-state index in [0.29, 0.717) is 0 Å². The SMILES string of the molecule is Cc1ccccc1Cn1ccc2c(N)cccc21. The molecule has 0 spiro atoms. The second-order valence-electron chi connectivity index (χ2n) is 4.65. The van der Waals surface area contributed by atoms with Crippen LogP contribution >= 0.6 is 0 Å². The van der Waals surface area contributed by atoms with Crippen LogP contribution in [0.25, 0.3) is 10.9 Å². The molecule has 0 bridgehead atoms. The van der Waals surface area contributed by atoms with Crippen molar-refractivity contribution in [2.75, 3.05) is 5.73 Å². The predicted molar refractivity (Wildman–Crippen MR) is 76.6 cm³/mol. The second-order valence-corrected chi connectivity index (χ2v) is 4.65. The highest BCUT2D eigenvalue weighted by Crippen LogP contribution is 2.23. The molecule has 2 nitrogen and oxygen atoms in total. The minimum absolute atomic E-state index is 0.844. The molecule has 0 radical (unpaired) electrons. The summed E-state index contributed by atoms with van der Waals surface area (Å²) in [4.78, 5) is 0. The van der Waals surface area contributed by atoms with Gasteiger partial charge in [0.25, 0.3) is 0 Å². The Bertz CT molecular complexity index is 695. The summed E-state index contributed by atoms with van der Waals surface area (Å²) in [7, 11) is 0. The lowest BCUT2D eigenvalue weighted by Gasteiger charge is -2.08. The summed E-state index contributed by atoms with van der Waals surface area (Å²) >= 11 is 0. The Morgan fingerprint density at radius 3 is 2.67 bits per heavy atom. The number of aromatic nitrogens is 1. The third kappa shape index (κ3) is 1.76. The van der Waals surface area contributed by atoms with Gasteiger partial charge in [-0.1, -0.05) is 30.3 Å². The van der Waals surface area contributed by atoms with Crippen molar-refractivity contribution in [3.05, 3.63) is 65.9 Å². The van der Waals surface area contributed by atoms with Gasteiger partial charge in [-0.2, -0.15) is 0 Å². The molecule has 0 unspecified atom stereocenters. The molecular weight excluding hydrogens is 220 g/mol. The molecule has 2 aromatic carbocycles. The number of fused-ring (bicyclic) bond motifs is 1. The van der Waals surface area contributed by atoms with E-state index in [0.717, 1.165) is 17.6 Å². The van der Waals surface area contributed by atoms with E-state index in [2.05, 4.69) is 54.1 Å². The lowest BCUT2D eigenvalue weighted by molar-refractivity contribution is 0.830. The van der Waals surface area contributed by atoms with Crippen LogP contribution in [0.5, 0.6) is 0 Å². The van der Waals surface area contributed by atoms with E-state index in [1.165, 1.54) is 16.6 Å². The number of nitrogens with zero attached hydrogens (tertiary/aromatic N) is 1. The highest BCUT2D eigenvalue weighted by Gasteiger charge is 2.04. The average Bonchev–Trinajstić information content (AvgIpc) is 2.77. The smallest absolute Gasteiger partial charge is 0.0504 e. The summed E-state index contributed by atoms with van der Waals surface area (Å²) in [5.41, 5.74) is 10.7. The molecule has 0 aliphatic carbocycles. The van der Waals surface area contributed by atoms with E-state index < -0.39 is 0 Å². The maximum atomic E-state index is 5.98. The van der Waals surface area contributed by atoms with Crippen LogP contribution in [0.15, 0.2) is 54.7 Å². The Morgan fingerprint density at radius 2 is 1.83 bits per heavy atom. The van der Waals surface area contributed by atoms with Gasteiger partial charge in [-0.05, 0) is 36.2 Å². The Hall–Kier alpha value is -2.22. The zero-order chi connectivity index (χ0) is 12.5. The van der Waals surface area contributed by atoms with Gasteiger partial charge in [0.15, 0.2) is 0 Å². The molecule has 90 valence electrons. The van der Waals surface area contributed by atoms with Gasteiger partial charge in [0.1, 0.15) is 0 Å². The molecule has 0 amide bonds. The third-order valence-electron chi connectivity index (χ3n) is 3.45. The van der Waals surface area contributed by atoms with Gasteiger partial charge >= 0.3 is 0 Å². The van der Waals surface area contributed by atoms with Crippen molar-refractivity contribution in [1.82, 2.24) is 4.57 Å². The molecular formula is C16H16N2. The van der Waals surface area contributed by atoms with Crippen LogP contribution in [0.3, 0.4) is 0 Å². The number of hydrogen-bond acceptors (Lipinski definition) is 1. The van der Waals surface area contributed by atoms with Crippen molar-refractivity contribution in [2.24, 2.45) is 0 Å². The quantitative estimate of drug-likeness (QED) is 0.677. The normalized spacial score (nSPS) is 10.9. The van der Waals surface area contributed by atoms with Gasteiger partial charge in [-0.25, -0.2) is 0 Å². The molecule has 3 aromatic rings. The van der Waals surface area contributed by atoms with Gasteiger partial charge in [-0.3, -0.25) is 0 Å². The van der Waals surface area contributed by atoms with Crippen LogP contribution < -0.4 is 5.73 Å². The molecule has 0 atom stereocenters. The highest BCUT2D eigenvalue weighted by atomic mass is 15.0. The first-order chi connectivity index (χ1) is 8.75. The first kappa shape index (κ1) is 10.9. The molecule has 0 aliphatic rings. The van der Waals surface area contributed by atoms with Gasteiger partial charge in [0, 0.05) is 23.8 Å². The van der Waals surface area contributed by atoms with Gasteiger partial charge in [0.2, 0.25) is 0 Å². The van der Waals surface area contributed by atoms with Crippen molar-refractivity contribution in [1.29, 1.82) is 0 Å². The van der Waals surface area contributed by atoms with Crippen molar-refractivity contribution in [3.63, 3.8) is 0 Å². The number of hydrogen-bond donors (Lipinski definition) is 1. The fourth-order valence-corrected chi connectivity index (χ4v) is 2.36. The monoisotopic (exact) mass is 236 g/mol. The zero-order valence-corrected chi connectivity index (χ0v) is 10.4. The van der Waals surface area contributed by atoms with Crippen LogP contribution in [-0.2, 0) is 6.54 Å². The number of anilines is 1. The van der Waals surface area contributed by atoms with Crippen molar-refractivity contribution >= 4 is 16.6 Å². The minimum Gasteiger partial charge on any atom is -0.398 e. The van der Waals surface area contributed by atoms with Gasteiger partial charge in [-0.15, -0.1) is 0 Å². The Balaban J connectivity index is 2.06. The minimum atomic E-state index is 0.844. The summed E-state index contributed by atoms with van der Waals surface area (Å²) < 4.78 is 2.24. The van der Waals surface area contributed by atoms with Crippen molar-refractivity contribution < 1.29 is 0 Å². The highest BCUT2D eigenvalue weighted by molar-refractivity contribution is 5.91. The summed E-state index contributed by atoms with van der Waals surface area (Å²) in [6.07, 6.45) is 2.10. The summed E-state index contributed by atoms with van der Waals surface area (Å²) in [5.74, 6) is 0. The lowest BCUT2D eigenvalue weighted by Crippen LogP contribution is -1.99. The number of rotatable bonds is 2. The van der Waals surface area contributed by atoms with Crippen molar-refractivity contribution in [3.8, 4) is 0 Å². The Kier molecular flexibility index (Phi) is 2.56. The summed E-state index contributed by atoms with van der Waals surface area (Å²) in [6, 6.07) is 16.6. The fraction of sp³-hybridized carbons (Fsp3) is 0.125. The molecule has 2 N–H and O–H groups in total. The number of aryl methyl sites for hydroxylation is 1. The summed E-state index contributed by atoms with van der Waals surface area (Å²) in [5, 5.41) is 1.13. The van der Waals surface area contributed by atoms with Crippen LogP contribution in [0.2, 0.25) is 0 Å². The van der Waals surface area contributed by atoms with Crippen LogP contribution in [0.1, 0.15) is 11.1 Å². The molecule has 0 saturated carbocycles. The Labute approximate surface area is 107 Å². The van der Waals surface area contributed by atoms with Crippen LogP contribution in [0.4, 0.5) is 5.69 Å². The average molecular weight is 236 g/mol. The molecule has 0 saturated heterocycles. The largest absolute Gasteiger partial charge is 0.398 e. The van der Waals surface area contributed by atoms with E-state index in [1.807, 2.05) is 12.1 Å². The van der Waals surface area contributed by atoms with Crippen LogP contribution in [-0.4, -0.2) is 4.57 Å². The first-order valence-electron chi connectivity index (χ1n) is 6.13. The molecule has 1 aromatic heterocycles. The van der Waals surface area contributed by atoms with E-state index in [9.17, 15) is 0 Å². The standard InChI is InChI=1S/C16H16N2/c1-12-5-2-3-6-13(12)11-18-10-9-14-15(17)7-4-8-16(14)18/h2-10H,11,17H2,1H3. The predicted octanol–water partition coefficient (Wildman–Crippen LogP) is 3.58. The molecule has 3 rings (SSSR count).